The Balaban J connectivity index is 1.86. The van der Waals surface area contributed by atoms with Gasteiger partial charge in [0.15, 0.2) is 0 Å². The first-order chi connectivity index (χ1) is 17.3. The Kier molecular flexibility index (Phi) is 7.40. The van der Waals surface area contributed by atoms with Crippen LogP contribution in [0.2, 0.25) is 0 Å². The fourth-order valence-corrected chi connectivity index (χ4v) is 7.32. The third-order valence-corrected chi connectivity index (χ3v) is 8.42. The molecule has 1 N–H and O–H groups in total. The number of amides is 2. The molecule has 0 aromatic rings. The molecule has 4 heterocycles. The summed E-state index contributed by atoms with van der Waals surface area (Å²) in [5.74, 6) is -2.79. The molecule has 8 nitrogen and oxygen atoms in total. The normalized spacial score (nSPS) is 35.5. The second-order valence-corrected chi connectivity index (χ2v) is 12.8. The largest absolute Gasteiger partial charge is 0.465 e. The first-order valence-corrected chi connectivity index (χ1v) is 13.8. The Hall–Kier alpha value is -2.19. The summed E-state index contributed by atoms with van der Waals surface area (Å²) in [6.45, 7) is 12.9. The van der Waals surface area contributed by atoms with Gasteiger partial charge in [-0.3, -0.25) is 14.4 Å². The molecule has 206 valence electrons. The summed E-state index contributed by atoms with van der Waals surface area (Å²) in [7, 11) is 0. The number of hydrogen-bond donors (Lipinski definition) is 1. The number of ether oxygens (including phenoxy) is 2. The van der Waals surface area contributed by atoms with E-state index in [1.165, 1.54) is 4.90 Å². The van der Waals surface area contributed by atoms with Crippen LogP contribution >= 0.6 is 0 Å². The summed E-state index contributed by atoms with van der Waals surface area (Å²) in [6, 6.07) is -0.975. The maximum Gasteiger partial charge on any atom is 0.313 e. The molecule has 1 unspecified atom stereocenters. The van der Waals surface area contributed by atoms with Crippen LogP contribution in [0.25, 0.3) is 0 Å². The van der Waals surface area contributed by atoms with E-state index >= 15 is 0 Å². The van der Waals surface area contributed by atoms with E-state index in [1.54, 1.807) is 0 Å². The molecule has 0 aromatic heterocycles. The molecule has 0 saturated carbocycles. The van der Waals surface area contributed by atoms with E-state index in [0.29, 0.717) is 19.6 Å². The van der Waals surface area contributed by atoms with Crippen LogP contribution < -0.4 is 0 Å². The SMILES string of the molecule is CC[C@]12/C=C\CCCCOC(=O)[C@H]1[C@H]1C(=O)N(CCO)C3C(=O)N(C(C)(C)CC(C)(C)C)CC=C[C@@]31O2. The molecule has 37 heavy (non-hydrogen) atoms. The van der Waals surface area contributed by atoms with Crippen molar-refractivity contribution < 1.29 is 29.0 Å². The number of β-amino-alcohol motifs (C(OH)–C–C–N with tert-alkyl or cyclic N) is 1. The summed E-state index contributed by atoms with van der Waals surface area (Å²) >= 11 is 0. The molecule has 4 aliphatic rings. The zero-order valence-electron chi connectivity index (χ0n) is 23.3. The molecule has 4 rings (SSSR count). The van der Waals surface area contributed by atoms with E-state index in [2.05, 4.69) is 34.6 Å². The zero-order valence-corrected chi connectivity index (χ0v) is 23.3. The number of allylic oxidation sites excluding steroid dienone is 1. The lowest BCUT2D eigenvalue weighted by molar-refractivity contribution is -0.163. The van der Waals surface area contributed by atoms with Crippen molar-refractivity contribution in [2.45, 2.75) is 96.4 Å². The van der Waals surface area contributed by atoms with Crippen LogP contribution in [0.15, 0.2) is 24.3 Å². The average Bonchev–Trinajstić information content (AvgIpc) is 3.14. The van der Waals surface area contributed by atoms with E-state index in [1.807, 2.05) is 36.1 Å². The number of cyclic esters (lactones) is 1. The number of aliphatic hydroxyl groups is 1. The number of aliphatic hydroxyl groups excluding tert-OH is 1. The highest BCUT2D eigenvalue weighted by Gasteiger charge is 2.75. The number of fused-ring (bicyclic) bond motifs is 2. The first-order valence-electron chi connectivity index (χ1n) is 13.8. The van der Waals surface area contributed by atoms with Gasteiger partial charge < -0.3 is 24.4 Å². The van der Waals surface area contributed by atoms with Gasteiger partial charge in [0.05, 0.1) is 19.1 Å². The predicted molar refractivity (Wildman–Crippen MR) is 139 cm³/mol. The second-order valence-electron chi connectivity index (χ2n) is 12.8. The topological polar surface area (TPSA) is 96.4 Å². The standard InChI is InChI=1S/C29H44N2O6/c1-7-28-13-10-8-9-11-18-36-25(35)21(28)20-23(33)30(16-17-32)22-24(34)31(15-12-14-29(20,22)37-28)27(5,6)19-26(2,3)4/h10,12-14,20-22,32H,7-9,11,15-19H2,1-6H3/b13-10-/t20-,21+,22?,28-,29-/m0/s1. The minimum absolute atomic E-state index is 0.00500. The van der Waals surface area contributed by atoms with Crippen molar-refractivity contribution in [1.29, 1.82) is 0 Å². The molecule has 0 aromatic carbocycles. The van der Waals surface area contributed by atoms with Crippen molar-refractivity contribution in [3.05, 3.63) is 24.3 Å². The Morgan fingerprint density at radius 1 is 1.03 bits per heavy atom. The summed E-state index contributed by atoms with van der Waals surface area (Å²) in [6.07, 6.45) is 11.4. The van der Waals surface area contributed by atoms with Crippen LogP contribution in [0, 0.1) is 17.3 Å². The van der Waals surface area contributed by atoms with Gasteiger partial charge in [0.1, 0.15) is 23.2 Å². The third kappa shape index (κ3) is 4.65. The van der Waals surface area contributed by atoms with Gasteiger partial charge in [-0.05, 0) is 51.4 Å². The zero-order chi connectivity index (χ0) is 27.2. The molecular weight excluding hydrogens is 472 g/mol. The lowest BCUT2D eigenvalue weighted by atomic mass is 9.73. The molecule has 2 fully saturated rings. The second kappa shape index (κ2) is 9.84. The number of carbonyl (C=O) groups is 3. The number of rotatable bonds is 5. The van der Waals surface area contributed by atoms with Crippen molar-refractivity contribution in [3.63, 3.8) is 0 Å². The van der Waals surface area contributed by atoms with Gasteiger partial charge in [-0.2, -0.15) is 0 Å². The number of esters is 1. The van der Waals surface area contributed by atoms with Crippen molar-refractivity contribution in [1.82, 2.24) is 9.80 Å². The molecular formula is C29H44N2O6. The van der Waals surface area contributed by atoms with Gasteiger partial charge >= 0.3 is 5.97 Å². The number of likely N-dealkylation sites (tertiary alicyclic amines) is 1. The van der Waals surface area contributed by atoms with E-state index < -0.39 is 40.6 Å². The lowest BCUT2D eigenvalue weighted by Gasteiger charge is -2.45. The van der Waals surface area contributed by atoms with Gasteiger partial charge in [0, 0.05) is 18.6 Å². The summed E-state index contributed by atoms with van der Waals surface area (Å²) < 4.78 is 12.6. The van der Waals surface area contributed by atoms with Crippen molar-refractivity contribution >= 4 is 17.8 Å². The predicted octanol–water partition coefficient (Wildman–Crippen LogP) is 3.24. The molecule has 5 atom stereocenters. The Labute approximate surface area is 221 Å². The van der Waals surface area contributed by atoms with Crippen LogP contribution in [-0.2, 0) is 23.9 Å². The van der Waals surface area contributed by atoms with Gasteiger partial charge in [-0.25, -0.2) is 0 Å². The summed E-state index contributed by atoms with van der Waals surface area (Å²) in [5, 5.41) is 9.88. The third-order valence-electron chi connectivity index (χ3n) is 8.42. The lowest BCUT2D eigenvalue weighted by Crippen LogP contribution is -2.60. The van der Waals surface area contributed by atoms with Crippen LogP contribution in [0.3, 0.4) is 0 Å². The maximum atomic E-state index is 14.4. The van der Waals surface area contributed by atoms with Gasteiger partial charge in [-0.15, -0.1) is 0 Å². The van der Waals surface area contributed by atoms with E-state index in [-0.39, 0.29) is 30.4 Å². The molecule has 0 radical (unpaired) electrons. The van der Waals surface area contributed by atoms with Crippen LogP contribution in [0.4, 0.5) is 0 Å². The molecule has 4 aliphatic heterocycles. The first kappa shape index (κ1) is 27.8. The Morgan fingerprint density at radius 2 is 1.76 bits per heavy atom. The smallest absolute Gasteiger partial charge is 0.313 e. The highest BCUT2D eigenvalue weighted by atomic mass is 16.6. The minimum atomic E-state index is -1.33. The number of carbonyl (C=O) groups excluding carboxylic acids is 3. The summed E-state index contributed by atoms with van der Waals surface area (Å²) in [4.78, 5) is 45.4. The van der Waals surface area contributed by atoms with Crippen molar-refractivity contribution in [2.75, 3.05) is 26.3 Å². The van der Waals surface area contributed by atoms with Crippen molar-refractivity contribution in [2.24, 2.45) is 17.3 Å². The van der Waals surface area contributed by atoms with Crippen LogP contribution in [0.1, 0.15) is 73.6 Å². The highest BCUT2D eigenvalue weighted by Crippen LogP contribution is 2.58. The highest BCUT2D eigenvalue weighted by molar-refractivity contribution is 5.99. The fourth-order valence-electron chi connectivity index (χ4n) is 7.32. The summed E-state index contributed by atoms with van der Waals surface area (Å²) in [5.41, 5.74) is -2.90. The average molecular weight is 517 g/mol. The Morgan fingerprint density at radius 3 is 2.41 bits per heavy atom. The molecule has 8 heteroatoms. The van der Waals surface area contributed by atoms with Gasteiger partial charge in [0.25, 0.3) is 0 Å². The molecule has 2 amide bonds. The number of hydrogen-bond acceptors (Lipinski definition) is 6. The van der Waals surface area contributed by atoms with Gasteiger partial charge in [0.2, 0.25) is 11.8 Å². The quantitative estimate of drug-likeness (QED) is 0.445. The number of nitrogens with zero attached hydrogens (tertiary/aromatic N) is 2. The minimum Gasteiger partial charge on any atom is -0.465 e. The molecule has 1 spiro atoms. The fraction of sp³-hybridized carbons (Fsp3) is 0.759. The van der Waals surface area contributed by atoms with Gasteiger partial charge in [-0.1, -0.05) is 52.0 Å². The Bertz CT molecular complexity index is 981. The van der Waals surface area contributed by atoms with Crippen LogP contribution in [0.5, 0.6) is 0 Å². The molecule has 0 aliphatic carbocycles. The van der Waals surface area contributed by atoms with E-state index in [9.17, 15) is 19.5 Å². The molecule has 0 bridgehead atoms. The van der Waals surface area contributed by atoms with Crippen molar-refractivity contribution in [3.8, 4) is 0 Å². The van der Waals surface area contributed by atoms with E-state index in [0.717, 1.165) is 25.7 Å². The van der Waals surface area contributed by atoms with E-state index in [4.69, 9.17) is 9.47 Å². The monoisotopic (exact) mass is 516 g/mol. The van der Waals surface area contributed by atoms with Crippen LogP contribution in [-0.4, -0.2) is 81.8 Å². The maximum absolute atomic E-state index is 14.4. The molecule has 2 saturated heterocycles.